The lowest BCUT2D eigenvalue weighted by Gasteiger charge is -2.28. The van der Waals surface area contributed by atoms with Crippen LogP contribution in [0.3, 0.4) is 0 Å². The van der Waals surface area contributed by atoms with Crippen LogP contribution < -0.4 is 5.32 Å². The summed E-state index contributed by atoms with van der Waals surface area (Å²) in [5, 5.41) is 3.54. The molecule has 0 spiro atoms. The van der Waals surface area contributed by atoms with Crippen LogP contribution in [0.4, 0.5) is 0 Å². The minimum atomic E-state index is 0.616. The van der Waals surface area contributed by atoms with Crippen molar-refractivity contribution in [2.75, 3.05) is 6.54 Å². The summed E-state index contributed by atoms with van der Waals surface area (Å²) in [5.74, 6) is 2.46. The zero-order valence-electron chi connectivity index (χ0n) is 10.2. The molecule has 0 heterocycles. The van der Waals surface area contributed by atoms with E-state index < -0.39 is 0 Å². The van der Waals surface area contributed by atoms with Gasteiger partial charge in [0.05, 0.1) is 0 Å². The zero-order valence-corrected chi connectivity index (χ0v) is 10.2. The molecule has 13 heavy (non-hydrogen) atoms. The van der Waals surface area contributed by atoms with E-state index in [4.69, 9.17) is 0 Å². The molecule has 0 amide bonds. The molecule has 0 aromatic carbocycles. The van der Waals surface area contributed by atoms with Crippen molar-refractivity contribution in [2.45, 2.75) is 54.0 Å². The zero-order chi connectivity index (χ0) is 10.4. The van der Waals surface area contributed by atoms with Gasteiger partial charge in [-0.15, -0.1) is 0 Å². The highest BCUT2D eigenvalue weighted by Crippen LogP contribution is 2.22. The molecule has 0 aromatic heterocycles. The first-order valence-electron chi connectivity index (χ1n) is 5.72. The Kier molecular flexibility index (Phi) is 6.40. The molecule has 1 nitrogen and oxygen atoms in total. The van der Waals surface area contributed by atoms with Crippen molar-refractivity contribution in [1.29, 1.82) is 0 Å². The Morgan fingerprint density at radius 1 is 1.00 bits per heavy atom. The van der Waals surface area contributed by atoms with Crippen molar-refractivity contribution >= 4 is 0 Å². The van der Waals surface area contributed by atoms with Gasteiger partial charge in [0.2, 0.25) is 0 Å². The van der Waals surface area contributed by atoms with Gasteiger partial charge in [-0.25, -0.2) is 0 Å². The second-order valence-corrected chi connectivity index (χ2v) is 4.86. The van der Waals surface area contributed by atoms with Crippen molar-refractivity contribution in [3.05, 3.63) is 0 Å². The van der Waals surface area contributed by atoms with Crippen LogP contribution in [0.1, 0.15) is 48.0 Å². The summed E-state index contributed by atoms with van der Waals surface area (Å²) in [4.78, 5) is 0. The molecule has 0 fully saturated rings. The molecular formula is C12H27N. The Balaban J connectivity index is 3.95. The predicted octanol–water partition coefficient (Wildman–Crippen LogP) is 3.30. The van der Waals surface area contributed by atoms with Crippen molar-refractivity contribution in [1.82, 2.24) is 5.32 Å². The van der Waals surface area contributed by atoms with Crippen molar-refractivity contribution in [2.24, 2.45) is 17.8 Å². The largest absolute Gasteiger partial charge is 0.314 e. The van der Waals surface area contributed by atoms with E-state index in [0.29, 0.717) is 6.04 Å². The van der Waals surface area contributed by atoms with Gasteiger partial charge in [0, 0.05) is 6.04 Å². The first-order valence-corrected chi connectivity index (χ1v) is 5.72. The molecule has 80 valence electrons. The molecule has 0 radical (unpaired) electrons. The van der Waals surface area contributed by atoms with Crippen LogP contribution >= 0.6 is 0 Å². The molecule has 0 saturated heterocycles. The Bertz CT molecular complexity index is 118. The summed E-state index contributed by atoms with van der Waals surface area (Å²) in [6.45, 7) is 14.9. The summed E-state index contributed by atoms with van der Waals surface area (Å²) in [5.41, 5.74) is 0. The molecular weight excluding hydrogens is 158 g/mol. The number of hydrogen-bond donors (Lipinski definition) is 1. The Labute approximate surface area is 84.3 Å². The fourth-order valence-electron chi connectivity index (χ4n) is 1.77. The molecule has 1 N–H and O–H groups in total. The maximum Gasteiger partial charge on any atom is 0.00104 e. The van der Waals surface area contributed by atoms with E-state index >= 15 is 0 Å². The highest BCUT2D eigenvalue weighted by atomic mass is 14.9. The molecule has 1 heteroatoms. The standard InChI is InChI=1S/C12H27N/c1-7-11(6)12(9(2)3)8-13-10(4)5/h9-13H,7-8H2,1-6H3. The third-order valence-corrected chi connectivity index (χ3v) is 2.99. The van der Waals surface area contributed by atoms with Gasteiger partial charge >= 0.3 is 0 Å². The lowest BCUT2D eigenvalue weighted by atomic mass is 9.83. The van der Waals surface area contributed by atoms with Gasteiger partial charge in [0.25, 0.3) is 0 Å². The van der Waals surface area contributed by atoms with Crippen LogP contribution in [0.2, 0.25) is 0 Å². The van der Waals surface area contributed by atoms with Crippen LogP contribution in [-0.4, -0.2) is 12.6 Å². The van der Waals surface area contributed by atoms with E-state index in [-0.39, 0.29) is 0 Å². The van der Waals surface area contributed by atoms with E-state index in [0.717, 1.165) is 17.8 Å². The summed E-state index contributed by atoms with van der Waals surface area (Å²) < 4.78 is 0. The molecule has 0 aliphatic heterocycles. The molecule has 0 aliphatic carbocycles. The lowest BCUT2D eigenvalue weighted by molar-refractivity contribution is 0.249. The van der Waals surface area contributed by atoms with E-state index in [1.54, 1.807) is 0 Å². The Morgan fingerprint density at radius 3 is 1.85 bits per heavy atom. The Morgan fingerprint density at radius 2 is 1.54 bits per heavy atom. The summed E-state index contributed by atoms with van der Waals surface area (Å²) >= 11 is 0. The number of hydrogen-bond acceptors (Lipinski definition) is 1. The molecule has 0 saturated carbocycles. The minimum Gasteiger partial charge on any atom is -0.314 e. The average molecular weight is 185 g/mol. The van der Waals surface area contributed by atoms with Crippen LogP contribution in [0.15, 0.2) is 0 Å². The molecule has 2 unspecified atom stereocenters. The van der Waals surface area contributed by atoms with Crippen LogP contribution in [0.5, 0.6) is 0 Å². The second-order valence-electron chi connectivity index (χ2n) is 4.86. The monoisotopic (exact) mass is 185 g/mol. The van der Waals surface area contributed by atoms with Crippen LogP contribution in [0, 0.1) is 17.8 Å². The summed E-state index contributed by atoms with van der Waals surface area (Å²) in [6, 6.07) is 0.616. The fourth-order valence-corrected chi connectivity index (χ4v) is 1.77. The third-order valence-electron chi connectivity index (χ3n) is 2.99. The molecule has 0 rings (SSSR count). The van der Waals surface area contributed by atoms with Gasteiger partial charge in [0.15, 0.2) is 0 Å². The third kappa shape index (κ3) is 5.30. The normalized spacial score (nSPS) is 16.6. The van der Waals surface area contributed by atoms with Crippen LogP contribution in [-0.2, 0) is 0 Å². The summed E-state index contributed by atoms with van der Waals surface area (Å²) in [6.07, 6.45) is 1.29. The quantitative estimate of drug-likeness (QED) is 0.669. The van der Waals surface area contributed by atoms with Gasteiger partial charge in [-0.3, -0.25) is 0 Å². The first-order chi connectivity index (χ1) is 5.99. The maximum atomic E-state index is 3.54. The Hall–Kier alpha value is -0.0400. The minimum absolute atomic E-state index is 0.616. The van der Waals surface area contributed by atoms with E-state index in [9.17, 15) is 0 Å². The number of rotatable bonds is 6. The van der Waals surface area contributed by atoms with Crippen LogP contribution in [0.25, 0.3) is 0 Å². The van der Waals surface area contributed by atoms with Gasteiger partial charge < -0.3 is 5.32 Å². The van der Waals surface area contributed by atoms with Crippen molar-refractivity contribution in [3.63, 3.8) is 0 Å². The van der Waals surface area contributed by atoms with Crippen molar-refractivity contribution in [3.8, 4) is 0 Å². The fraction of sp³-hybridized carbons (Fsp3) is 1.00. The molecule has 0 aliphatic rings. The SMILES string of the molecule is CCC(C)C(CNC(C)C)C(C)C. The highest BCUT2D eigenvalue weighted by molar-refractivity contribution is 4.72. The van der Waals surface area contributed by atoms with Crippen molar-refractivity contribution < 1.29 is 0 Å². The average Bonchev–Trinajstić information content (AvgIpc) is 2.03. The smallest absolute Gasteiger partial charge is 0.00104 e. The second kappa shape index (κ2) is 6.42. The molecule has 0 aromatic rings. The summed E-state index contributed by atoms with van der Waals surface area (Å²) in [7, 11) is 0. The lowest BCUT2D eigenvalue weighted by Crippen LogP contribution is -2.34. The van der Waals surface area contributed by atoms with Gasteiger partial charge in [-0.1, -0.05) is 48.0 Å². The van der Waals surface area contributed by atoms with Gasteiger partial charge in [-0.05, 0) is 24.3 Å². The number of nitrogens with one attached hydrogen (secondary N) is 1. The first kappa shape index (κ1) is 13.0. The van der Waals surface area contributed by atoms with E-state index in [1.807, 2.05) is 0 Å². The highest BCUT2D eigenvalue weighted by Gasteiger charge is 2.19. The topological polar surface area (TPSA) is 12.0 Å². The van der Waals surface area contributed by atoms with Gasteiger partial charge in [0.1, 0.15) is 0 Å². The molecule has 2 atom stereocenters. The maximum absolute atomic E-state index is 3.54. The predicted molar refractivity (Wildman–Crippen MR) is 60.9 cm³/mol. The van der Waals surface area contributed by atoms with E-state index in [1.165, 1.54) is 13.0 Å². The van der Waals surface area contributed by atoms with Gasteiger partial charge in [-0.2, -0.15) is 0 Å². The molecule has 0 bridgehead atoms. The van der Waals surface area contributed by atoms with E-state index in [2.05, 4.69) is 46.9 Å².